The average molecular weight is 256 g/mol. The summed E-state index contributed by atoms with van der Waals surface area (Å²) in [6.45, 7) is 0. The molecule has 1 atom stereocenters. The van der Waals surface area contributed by atoms with Gasteiger partial charge in [-0.05, 0) is 12.2 Å². The average Bonchev–Trinajstić information content (AvgIpc) is 2.86. The zero-order valence-corrected chi connectivity index (χ0v) is 10.2. The first-order chi connectivity index (χ1) is 7.68. The normalized spacial score (nSPS) is 19.6. The van der Waals surface area contributed by atoms with Crippen LogP contribution in [-0.4, -0.2) is 32.6 Å². The van der Waals surface area contributed by atoms with Gasteiger partial charge in [0, 0.05) is 11.7 Å². The number of carbonyl (C=O) groups is 1. The van der Waals surface area contributed by atoms with E-state index in [1.165, 1.54) is 6.20 Å². The van der Waals surface area contributed by atoms with Crippen LogP contribution < -0.4 is 11.1 Å². The highest BCUT2D eigenvalue weighted by molar-refractivity contribution is 7.99. The van der Waals surface area contributed by atoms with Crippen molar-refractivity contribution >= 4 is 40.7 Å². The molecule has 86 valence electrons. The summed E-state index contributed by atoms with van der Waals surface area (Å²) in [6.07, 6.45) is 2.44. The largest absolute Gasteiger partial charge is 0.389 e. The number of amides is 1. The molecule has 16 heavy (non-hydrogen) atoms. The molecule has 5 nitrogen and oxygen atoms in total. The van der Waals surface area contributed by atoms with Gasteiger partial charge in [0.15, 0.2) is 0 Å². The molecule has 1 aliphatic heterocycles. The molecule has 2 heterocycles. The zero-order chi connectivity index (χ0) is 11.5. The molecular weight excluding hydrogens is 244 g/mol. The fourth-order valence-electron chi connectivity index (χ4n) is 1.53. The number of thiocarbonyl (C=S) groups is 1. The summed E-state index contributed by atoms with van der Waals surface area (Å²) in [4.78, 5) is 12.1. The Morgan fingerprint density at radius 1 is 1.75 bits per heavy atom. The fourth-order valence-corrected chi connectivity index (χ4v) is 2.91. The molecule has 1 unspecified atom stereocenters. The van der Waals surface area contributed by atoms with Gasteiger partial charge in [0.1, 0.15) is 10.8 Å². The first-order valence-corrected chi connectivity index (χ1v) is 6.46. The molecule has 4 N–H and O–H groups in total. The number of nitrogens with zero attached hydrogens (tertiary/aromatic N) is 1. The van der Waals surface area contributed by atoms with Gasteiger partial charge in [0.25, 0.3) is 0 Å². The Labute approximate surface area is 103 Å². The SMILES string of the molecule is NC(=S)c1cn[nH]c1NC(=O)C1CCSC1. The smallest absolute Gasteiger partial charge is 0.229 e. The van der Waals surface area contributed by atoms with Crippen LogP contribution in [0.15, 0.2) is 6.20 Å². The Hall–Kier alpha value is -1.08. The van der Waals surface area contributed by atoms with Crippen LogP contribution >= 0.6 is 24.0 Å². The molecule has 0 aliphatic carbocycles. The molecule has 0 radical (unpaired) electrons. The molecule has 7 heteroatoms. The van der Waals surface area contributed by atoms with E-state index in [1.807, 2.05) is 0 Å². The number of thioether (sulfide) groups is 1. The van der Waals surface area contributed by atoms with Crippen LogP contribution in [0.25, 0.3) is 0 Å². The van der Waals surface area contributed by atoms with Crippen LogP contribution in [-0.2, 0) is 4.79 Å². The van der Waals surface area contributed by atoms with E-state index in [1.54, 1.807) is 11.8 Å². The quantitative estimate of drug-likeness (QED) is 0.695. The van der Waals surface area contributed by atoms with Crippen molar-refractivity contribution in [1.29, 1.82) is 0 Å². The lowest BCUT2D eigenvalue weighted by atomic mass is 10.1. The number of hydrogen-bond donors (Lipinski definition) is 3. The number of H-pyrrole nitrogens is 1. The van der Waals surface area contributed by atoms with E-state index in [9.17, 15) is 4.79 Å². The van der Waals surface area contributed by atoms with Crippen molar-refractivity contribution in [2.45, 2.75) is 6.42 Å². The van der Waals surface area contributed by atoms with Crippen LogP contribution in [0.4, 0.5) is 5.82 Å². The third kappa shape index (κ3) is 2.35. The maximum absolute atomic E-state index is 11.8. The molecule has 1 aromatic rings. The Balaban J connectivity index is 2.05. The third-order valence-electron chi connectivity index (χ3n) is 2.45. The lowest BCUT2D eigenvalue weighted by molar-refractivity contribution is -0.119. The molecule has 0 bridgehead atoms. The van der Waals surface area contributed by atoms with Crippen molar-refractivity contribution < 1.29 is 4.79 Å². The monoisotopic (exact) mass is 256 g/mol. The van der Waals surface area contributed by atoms with Crippen molar-refractivity contribution in [2.24, 2.45) is 11.7 Å². The van der Waals surface area contributed by atoms with Crippen molar-refractivity contribution in [2.75, 3.05) is 16.8 Å². The van der Waals surface area contributed by atoms with E-state index >= 15 is 0 Å². The summed E-state index contributed by atoms with van der Waals surface area (Å²) in [6, 6.07) is 0. The van der Waals surface area contributed by atoms with Crippen molar-refractivity contribution in [3.8, 4) is 0 Å². The van der Waals surface area contributed by atoms with E-state index < -0.39 is 0 Å². The number of nitrogens with two attached hydrogens (primary N) is 1. The molecule has 0 saturated carbocycles. The van der Waals surface area contributed by atoms with Crippen molar-refractivity contribution in [3.63, 3.8) is 0 Å². The number of carbonyl (C=O) groups excluding carboxylic acids is 1. The van der Waals surface area contributed by atoms with Gasteiger partial charge < -0.3 is 11.1 Å². The predicted molar refractivity (Wildman–Crippen MR) is 68.5 cm³/mol. The van der Waals surface area contributed by atoms with Crippen LogP contribution in [0.3, 0.4) is 0 Å². The minimum absolute atomic E-state index is 0.00625. The van der Waals surface area contributed by atoms with Crippen LogP contribution in [0.5, 0.6) is 0 Å². The van der Waals surface area contributed by atoms with E-state index in [-0.39, 0.29) is 16.8 Å². The minimum atomic E-state index is 0.00625. The number of hydrogen-bond acceptors (Lipinski definition) is 4. The maximum atomic E-state index is 11.8. The fraction of sp³-hybridized carbons (Fsp3) is 0.444. The van der Waals surface area contributed by atoms with Crippen molar-refractivity contribution in [1.82, 2.24) is 10.2 Å². The summed E-state index contributed by atoms with van der Waals surface area (Å²) in [5, 5.41) is 9.27. The van der Waals surface area contributed by atoms with E-state index in [0.717, 1.165) is 17.9 Å². The zero-order valence-electron chi connectivity index (χ0n) is 8.53. The number of rotatable bonds is 3. The highest BCUT2D eigenvalue weighted by atomic mass is 32.2. The second kappa shape index (κ2) is 4.84. The number of aromatic nitrogens is 2. The first kappa shape index (κ1) is 11.4. The van der Waals surface area contributed by atoms with Crippen LogP contribution in [0, 0.1) is 5.92 Å². The van der Waals surface area contributed by atoms with Gasteiger partial charge in [-0.2, -0.15) is 16.9 Å². The van der Waals surface area contributed by atoms with Crippen LogP contribution in [0.2, 0.25) is 0 Å². The number of anilines is 1. The molecule has 0 spiro atoms. The summed E-state index contributed by atoms with van der Waals surface area (Å²) in [7, 11) is 0. The maximum Gasteiger partial charge on any atom is 0.229 e. The topological polar surface area (TPSA) is 83.8 Å². The highest BCUT2D eigenvalue weighted by Gasteiger charge is 2.24. The van der Waals surface area contributed by atoms with Gasteiger partial charge in [0.2, 0.25) is 5.91 Å². The van der Waals surface area contributed by atoms with Gasteiger partial charge in [0.05, 0.1) is 11.8 Å². The van der Waals surface area contributed by atoms with Gasteiger partial charge in [-0.25, -0.2) is 0 Å². The van der Waals surface area contributed by atoms with E-state index in [2.05, 4.69) is 15.5 Å². The lowest BCUT2D eigenvalue weighted by Crippen LogP contribution is -2.24. The Bertz CT molecular complexity index is 411. The molecule has 1 saturated heterocycles. The Morgan fingerprint density at radius 2 is 2.56 bits per heavy atom. The summed E-state index contributed by atoms with van der Waals surface area (Å²) >= 11 is 6.65. The lowest BCUT2D eigenvalue weighted by Gasteiger charge is -2.09. The van der Waals surface area contributed by atoms with E-state index in [4.69, 9.17) is 18.0 Å². The van der Waals surface area contributed by atoms with Gasteiger partial charge in [-0.1, -0.05) is 12.2 Å². The summed E-state index contributed by atoms with van der Waals surface area (Å²) < 4.78 is 0. The number of aromatic amines is 1. The summed E-state index contributed by atoms with van der Waals surface area (Å²) in [5.41, 5.74) is 6.08. The first-order valence-electron chi connectivity index (χ1n) is 4.90. The molecule has 2 rings (SSSR count). The molecule has 1 aliphatic rings. The van der Waals surface area contributed by atoms with Crippen LogP contribution in [0.1, 0.15) is 12.0 Å². The standard InChI is InChI=1S/C9H12N4OS2/c10-7(15)6-3-11-13-8(6)12-9(14)5-1-2-16-4-5/h3,5H,1-2,4H2,(H2,10,15)(H2,11,12,13,14). The minimum Gasteiger partial charge on any atom is -0.389 e. The summed E-state index contributed by atoms with van der Waals surface area (Å²) in [5.74, 6) is 2.50. The van der Waals surface area contributed by atoms with Gasteiger partial charge in [-0.3, -0.25) is 9.89 Å². The van der Waals surface area contributed by atoms with E-state index in [0.29, 0.717) is 11.4 Å². The number of nitrogens with one attached hydrogen (secondary N) is 2. The molecule has 1 fully saturated rings. The Morgan fingerprint density at radius 3 is 3.19 bits per heavy atom. The molecule has 1 aromatic heterocycles. The molecule has 0 aromatic carbocycles. The van der Waals surface area contributed by atoms with Crippen molar-refractivity contribution in [3.05, 3.63) is 11.8 Å². The molecule has 1 amide bonds. The second-order valence-corrected chi connectivity index (χ2v) is 5.16. The molecular formula is C9H12N4OS2. The Kier molecular flexibility index (Phi) is 3.45. The predicted octanol–water partition coefficient (Wildman–Crippen LogP) is 0.736. The van der Waals surface area contributed by atoms with Gasteiger partial charge >= 0.3 is 0 Å². The van der Waals surface area contributed by atoms with Gasteiger partial charge in [-0.15, -0.1) is 0 Å². The second-order valence-electron chi connectivity index (χ2n) is 3.57. The third-order valence-corrected chi connectivity index (χ3v) is 3.84. The highest BCUT2D eigenvalue weighted by Crippen LogP contribution is 2.24.